The van der Waals surface area contributed by atoms with Gasteiger partial charge in [0.1, 0.15) is 0 Å². The van der Waals surface area contributed by atoms with Crippen molar-refractivity contribution in [3.8, 4) is 9.75 Å². The van der Waals surface area contributed by atoms with E-state index in [9.17, 15) is 0 Å². The van der Waals surface area contributed by atoms with Gasteiger partial charge in [-0.25, -0.2) is 0 Å². The lowest BCUT2D eigenvalue weighted by Gasteiger charge is -2.21. The Bertz CT molecular complexity index is 955. The van der Waals surface area contributed by atoms with Gasteiger partial charge in [0, 0.05) is 9.75 Å². The summed E-state index contributed by atoms with van der Waals surface area (Å²) in [5.74, 6) is 1.73. The Labute approximate surface area is 322 Å². The summed E-state index contributed by atoms with van der Waals surface area (Å²) in [7, 11) is 0. The van der Waals surface area contributed by atoms with Crippen LogP contribution in [0.2, 0.25) is 0 Å². The molecule has 0 amide bonds. The summed E-state index contributed by atoms with van der Waals surface area (Å²) >= 11 is 4.06. The highest BCUT2D eigenvalue weighted by molar-refractivity contribution is 7.20. The predicted molar refractivity (Wildman–Crippen MR) is 232 cm³/mol. The summed E-state index contributed by atoms with van der Waals surface area (Å²) in [5, 5.41) is 4.93. The lowest BCUT2D eigenvalue weighted by molar-refractivity contribution is 0.390. The standard InChI is InChI=1S/C48H86S2/c1-5-9-13-17-21-23-27-30-35-43(34-29-25-19-15-11-7-3)40-45-42-50-48(47-38-33-39-49-47)46(45)41-44(36-31-26-20-16-12-8-4)37-32-28-24-22-18-14-10-6-2/h33,38-39,42-44H,5-32,34-37,40-41H2,1-4H3. The summed E-state index contributed by atoms with van der Waals surface area (Å²) in [4.78, 5) is 3.15. The highest BCUT2D eigenvalue weighted by Gasteiger charge is 2.21. The van der Waals surface area contributed by atoms with Gasteiger partial charge < -0.3 is 0 Å². The maximum Gasteiger partial charge on any atom is 0.0477 e. The Morgan fingerprint density at radius 1 is 0.420 bits per heavy atom. The van der Waals surface area contributed by atoms with Gasteiger partial charge >= 0.3 is 0 Å². The first kappa shape index (κ1) is 45.6. The van der Waals surface area contributed by atoms with Crippen molar-refractivity contribution < 1.29 is 0 Å². The van der Waals surface area contributed by atoms with Crippen molar-refractivity contribution in [1.82, 2.24) is 0 Å². The molecule has 0 aliphatic rings. The van der Waals surface area contributed by atoms with Crippen LogP contribution in [-0.4, -0.2) is 0 Å². The molecule has 0 saturated carbocycles. The van der Waals surface area contributed by atoms with E-state index in [1.807, 2.05) is 11.3 Å². The van der Waals surface area contributed by atoms with E-state index >= 15 is 0 Å². The molecular formula is C48H86S2. The molecule has 290 valence electrons. The number of hydrogen-bond donors (Lipinski definition) is 0. The van der Waals surface area contributed by atoms with Crippen molar-refractivity contribution >= 4 is 22.7 Å². The van der Waals surface area contributed by atoms with Crippen LogP contribution in [0.4, 0.5) is 0 Å². The lowest BCUT2D eigenvalue weighted by atomic mass is 9.84. The predicted octanol–water partition coefficient (Wildman–Crippen LogP) is 18.4. The first-order valence-corrected chi connectivity index (χ1v) is 24.6. The molecule has 0 aromatic carbocycles. The monoisotopic (exact) mass is 727 g/mol. The number of rotatable bonds is 37. The highest BCUT2D eigenvalue weighted by Crippen LogP contribution is 2.40. The van der Waals surface area contributed by atoms with E-state index in [2.05, 4.69) is 61.9 Å². The van der Waals surface area contributed by atoms with Crippen LogP contribution >= 0.6 is 22.7 Å². The molecule has 0 saturated heterocycles. The van der Waals surface area contributed by atoms with Gasteiger partial charge in [-0.1, -0.05) is 239 Å². The zero-order valence-corrected chi connectivity index (χ0v) is 36.0. The smallest absolute Gasteiger partial charge is 0.0477 e. The van der Waals surface area contributed by atoms with Gasteiger partial charge in [0.15, 0.2) is 0 Å². The molecule has 2 unspecified atom stereocenters. The van der Waals surface area contributed by atoms with Crippen molar-refractivity contribution in [2.75, 3.05) is 0 Å². The Morgan fingerprint density at radius 3 is 1.14 bits per heavy atom. The van der Waals surface area contributed by atoms with E-state index in [0.29, 0.717) is 0 Å². The zero-order valence-electron chi connectivity index (χ0n) is 34.3. The van der Waals surface area contributed by atoms with Crippen LogP contribution < -0.4 is 0 Å². The average molecular weight is 727 g/mol. The normalized spacial score (nSPS) is 13.0. The molecule has 2 atom stereocenters. The minimum atomic E-state index is 0.859. The zero-order chi connectivity index (χ0) is 35.7. The maximum atomic E-state index is 2.63. The van der Waals surface area contributed by atoms with E-state index < -0.39 is 0 Å². The summed E-state index contributed by atoms with van der Waals surface area (Å²) in [6.45, 7) is 9.35. The molecule has 0 fully saturated rings. The third kappa shape index (κ3) is 22.5. The lowest BCUT2D eigenvalue weighted by Crippen LogP contribution is -2.10. The Morgan fingerprint density at radius 2 is 0.780 bits per heavy atom. The molecule has 2 aromatic rings. The summed E-state index contributed by atoms with van der Waals surface area (Å²) in [6, 6.07) is 4.68. The molecule has 0 aliphatic heterocycles. The molecule has 2 rings (SSSR count). The molecule has 2 aromatic heterocycles. The van der Waals surface area contributed by atoms with Crippen LogP contribution in [0.1, 0.15) is 244 Å². The minimum absolute atomic E-state index is 0.859. The number of thiophene rings is 2. The molecule has 0 bridgehead atoms. The molecule has 0 radical (unpaired) electrons. The van der Waals surface area contributed by atoms with Crippen LogP contribution in [0.3, 0.4) is 0 Å². The van der Waals surface area contributed by atoms with E-state index in [0.717, 1.165) is 11.8 Å². The third-order valence-electron chi connectivity index (χ3n) is 11.6. The Balaban J connectivity index is 2.11. The van der Waals surface area contributed by atoms with Gasteiger partial charge in [-0.3, -0.25) is 0 Å². The molecule has 50 heavy (non-hydrogen) atoms. The first-order chi connectivity index (χ1) is 24.7. The fraction of sp³-hybridized carbons (Fsp3) is 0.833. The summed E-state index contributed by atoms with van der Waals surface area (Å²) in [5.41, 5.74) is 3.52. The molecule has 0 N–H and O–H groups in total. The van der Waals surface area contributed by atoms with Gasteiger partial charge in [-0.15, -0.1) is 22.7 Å². The van der Waals surface area contributed by atoms with Crippen LogP contribution in [-0.2, 0) is 12.8 Å². The molecule has 2 heteroatoms. The van der Waals surface area contributed by atoms with E-state index in [1.54, 1.807) is 16.0 Å². The van der Waals surface area contributed by atoms with Gasteiger partial charge in [0.25, 0.3) is 0 Å². The summed E-state index contributed by atoms with van der Waals surface area (Å²) < 4.78 is 0. The SMILES string of the molecule is CCCCCCCCCCC(CCCCCCCC)Cc1csc(-c2cccs2)c1CC(CCCCCCCC)CCCCCCCCCC. The Hall–Kier alpha value is -0.600. The first-order valence-electron chi connectivity index (χ1n) is 22.9. The minimum Gasteiger partial charge on any atom is -0.143 e. The third-order valence-corrected chi connectivity index (χ3v) is 13.7. The van der Waals surface area contributed by atoms with Gasteiger partial charge in [-0.05, 0) is 52.6 Å². The number of hydrogen-bond acceptors (Lipinski definition) is 2. The van der Waals surface area contributed by atoms with Gasteiger partial charge in [0.05, 0.1) is 0 Å². The van der Waals surface area contributed by atoms with Crippen LogP contribution in [0.15, 0.2) is 22.9 Å². The number of unbranched alkanes of at least 4 members (excludes halogenated alkanes) is 24. The average Bonchev–Trinajstić information content (AvgIpc) is 3.80. The van der Waals surface area contributed by atoms with E-state index in [-0.39, 0.29) is 0 Å². The van der Waals surface area contributed by atoms with Crippen molar-refractivity contribution in [2.45, 2.75) is 246 Å². The topological polar surface area (TPSA) is 0 Å². The van der Waals surface area contributed by atoms with E-state index in [4.69, 9.17) is 0 Å². The maximum absolute atomic E-state index is 2.63. The quantitative estimate of drug-likeness (QED) is 0.0608. The Kier molecular flexibility index (Phi) is 30.1. The van der Waals surface area contributed by atoms with Gasteiger partial charge in [-0.2, -0.15) is 0 Å². The van der Waals surface area contributed by atoms with Crippen LogP contribution in [0.25, 0.3) is 9.75 Å². The van der Waals surface area contributed by atoms with Crippen molar-refractivity contribution in [3.63, 3.8) is 0 Å². The largest absolute Gasteiger partial charge is 0.143 e. The molecule has 0 spiro atoms. The van der Waals surface area contributed by atoms with Crippen molar-refractivity contribution in [1.29, 1.82) is 0 Å². The van der Waals surface area contributed by atoms with Gasteiger partial charge in [0.2, 0.25) is 0 Å². The second kappa shape index (κ2) is 33.0. The van der Waals surface area contributed by atoms with Crippen LogP contribution in [0.5, 0.6) is 0 Å². The van der Waals surface area contributed by atoms with Crippen LogP contribution in [0, 0.1) is 11.8 Å². The fourth-order valence-corrected chi connectivity index (χ4v) is 10.3. The van der Waals surface area contributed by atoms with E-state index in [1.165, 1.54) is 223 Å². The fourth-order valence-electron chi connectivity index (χ4n) is 8.28. The second-order valence-corrected chi connectivity index (χ2v) is 18.2. The van der Waals surface area contributed by atoms with Crippen molar-refractivity contribution in [3.05, 3.63) is 34.0 Å². The summed E-state index contributed by atoms with van der Waals surface area (Å²) in [6.07, 6.45) is 48.6. The highest BCUT2D eigenvalue weighted by atomic mass is 32.1. The molecule has 2 heterocycles. The second-order valence-electron chi connectivity index (χ2n) is 16.3. The molecular weight excluding hydrogens is 641 g/mol. The van der Waals surface area contributed by atoms with Crippen molar-refractivity contribution in [2.24, 2.45) is 11.8 Å². The molecule has 0 aliphatic carbocycles. The molecule has 0 nitrogen and oxygen atoms in total.